The van der Waals surface area contributed by atoms with Crippen molar-refractivity contribution in [2.75, 3.05) is 19.8 Å². The molecule has 0 atom stereocenters. The molecule has 0 saturated carbocycles. The predicted octanol–water partition coefficient (Wildman–Crippen LogP) is 4.77. The zero-order valence-electron chi connectivity index (χ0n) is 14.4. The van der Waals surface area contributed by atoms with Crippen LogP contribution < -0.4 is 0 Å². The lowest BCUT2D eigenvalue weighted by Gasteiger charge is -2.17. The van der Waals surface area contributed by atoms with Gasteiger partial charge in [-0.2, -0.15) is 13.2 Å². The fraction of sp³-hybridized carbons (Fsp3) is 0.353. The molecular weight excluding hydrogens is 354 g/mol. The second-order valence-electron chi connectivity index (χ2n) is 5.81. The van der Waals surface area contributed by atoms with Gasteiger partial charge < -0.3 is 9.47 Å². The highest BCUT2D eigenvalue weighted by molar-refractivity contribution is 7.99. The molecule has 0 unspecified atom stereocenters. The minimum Gasteiger partial charge on any atom is -0.361 e. The van der Waals surface area contributed by atoms with Gasteiger partial charge in [-0.05, 0) is 36.8 Å². The Morgan fingerprint density at radius 1 is 1.28 bits per heavy atom. The molecule has 0 aliphatic heterocycles. The molecule has 25 heavy (non-hydrogen) atoms. The number of halogens is 4. The van der Waals surface area contributed by atoms with Crippen molar-refractivity contribution in [1.29, 1.82) is 0 Å². The number of amidine groups is 1. The molecule has 0 radical (unpaired) electrons. The third-order valence-electron chi connectivity index (χ3n) is 3.46. The van der Waals surface area contributed by atoms with Crippen molar-refractivity contribution >= 4 is 23.3 Å². The average molecular weight is 373 g/mol. The van der Waals surface area contributed by atoms with E-state index in [0.29, 0.717) is 28.1 Å². The molecule has 8 heteroatoms. The number of benzene rings is 1. The fourth-order valence-corrected chi connectivity index (χ4v) is 3.04. The van der Waals surface area contributed by atoms with Gasteiger partial charge in [0, 0.05) is 32.2 Å². The SMILES string of the molecule is Cc1cc(F)c(/N=C(/c2cccn2C)N(C)C)cc1SCC(F)(F)F. The Balaban J connectivity index is 2.45. The summed E-state index contributed by atoms with van der Waals surface area (Å²) in [5, 5.41) is 0. The molecule has 3 nitrogen and oxygen atoms in total. The van der Waals surface area contributed by atoms with Crippen molar-refractivity contribution in [3.63, 3.8) is 0 Å². The summed E-state index contributed by atoms with van der Waals surface area (Å²) in [5.74, 6) is -1.08. The summed E-state index contributed by atoms with van der Waals surface area (Å²) in [6, 6.07) is 6.26. The lowest BCUT2D eigenvalue weighted by atomic mass is 10.2. The van der Waals surface area contributed by atoms with Gasteiger partial charge in [0.25, 0.3) is 0 Å². The van der Waals surface area contributed by atoms with Gasteiger partial charge in [-0.25, -0.2) is 9.38 Å². The zero-order chi connectivity index (χ0) is 18.8. The molecule has 136 valence electrons. The van der Waals surface area contributed by atoms with Gasteiger partial charge in [0.1, 0.15) is 11.5 Å². The van der Waals surface area contributed by atoms with Crippen LogP contribution in [0.1, 0.15) is 11.3 Å². The molecule has 1 aromatic heterocycles. The number of hydrogen-bond acceptors (Lipinski definition) is 2. The molecule has 0 N–H and O–H groups in total. The van der Waals surface area contributed by atoms with Crippen LogP contribution in [-0.2, 0) is 7.05 Å². The maximum Gasteiger partial charge on any atom is 0.398 e. The molecule has 0 fully saturated rings. The van der Waals surface area contributed by atoms with Crippen molar-refractivity contribution in [2.24, 2.45) is 12.0 Å². The topological polar surface area (TPSA) is 20.5 Å². The van der Waals surface area contributed by atoms with E-state index in [2.05, 4.69) is 4.99 Å². The summed E-state index contributed by atoms with van der Waals surface area (Å²) in [6.45, 7) is 1.58. The minimum absolute atomic E-state index is 0.0141. The summed E-state index contributed by atoms with van der Waals surface area (Å²) in [7, 11) is 5.39. The van der Waals surface area contributed by atoms with Crippen LogP contribution in [-0.4, -0.2) is 41.3 Å². The molecule has 0 aliphatic carbocycles. The number of nitrogens with zero attached hydrogens (tertiary/aromatic N) is 3. The molecule has 0 spiro atoms. The van der Waals surface area contributed by atoms with Gasteiger partial charge in [0.15, 0.2) is 5.84 Å². The lowest BCUT2D eigenvalue weighted by Crippen LogP contribution is -2.25. The van der Waals surface area contributed by atoms with Gasteiger partial charge in [-0.3, -0.25) is 0 Å². The van der Waals surface area contributed by atoms with Crippen LogP contribution in [0.3, 0.4) is 0 Å². The highest BCUT2D eigenvalue weighted by Gasteiger charge is 2.27. The predicted molar refractivity (Wildman–Crippen MR) is 93.2 cm³/mol. The highest BCUT2D eigenvalue weighted by Crippen LogP contribution is 2.33. The first-order chi connectivity index (χ1) is 11.6. The lowest BCUT2D eigenvalue weighted by molar-refractivity contribution is -0.105. The Morgan fingerprint density at radius 2 is 1.96 bits per heavy atom. The van der Waals surface area contributed by atoms with Crippen molar-refractivity contribution < 1.29 is 17.6 Å². The van der Waals surface area contributed by atoms with Crippen LogP contribution in [0.15, 0.2) is 40.4 Å². The van der Waals surface area contributed by atoms with Gasteiger partial charge in [0.05, 0.1) is 11.4 Å². The maximum atomic E-state index is 14.3. The van der Waals surface area contributed by atoms with Crippen molar-refractivity contribution in [3.05, 3.63) is 47.5 Å². The van der Waals surface area contributed by atoms with Crippen molar-refractivity contribution in [3.8, 4) is 0 Å². The largest absolute Gasteiger partial charge is 0.398 e. The summed E-state index contributed by atoms with van der Waals surface area (Å²) in [4.78, 5) is 6.46. The molecule has 1 heterocycles. The van der Waals surface area contributed by atoms with E-state index in [4.69, 9.17) is 0 Å². The van der Waals surface area contributed by atoms with Gasteiger partial charge in [-0.1, -0.05) is 0 Å². The standard InChI is InChI=1S/C17H19F4N3S/c1-11-8-12(18)13(9-15(11)25-10-17(19,20)21)22-16(23(2)3)14-6-5-7-24(14)4/h5-9H,10H2,1-4H3/b22-16-. The smallest absolute Gasteiger partial charge is 0.361 e. The van der Waals surface area contributed by atoms with E-state index in [9.17, 15) is 17.6 Å². The highest BCUT2D eigenvalue weighted by atomic mass is 32.2. The van der Waals surface area contributed by atoms with Gasteiger partial charge in [0.2, 0.25) is 0 Å². The Kier molecular flexibility index (Phi) is 5.82. The Labute approximate surface area is 148 Å². The van der Waals surface area contributed by atoms with E-state index in [0.717, 1.165) is 5.69 Å². The van der Waals surface area contributed by atoms with Crippen LogP contribution in [0.25, 0.3) is 0 Å². The first-order valence-corrected chi connectivity index (χ1v) is 8.44. The maximum absolute atomic E-state index is 14.3. The minimum atomic E-state index is -4.28. The van der Waals surface area contributed by atoms with Crippen LogP contribution in [0.5, 0.6) is 0 Å². The third kappa shape index (κ3) is 5.01. The number of aliphatic imine (C=N–C) groups is 1. The molecule has 0 bridgehead atoms. The zero-order valence-corrected chi connectivity index (χ0v) is 15.2. The van der Waals surface area contributed by atoms with Crippen molar-refractivity contribution in [1.82, 2.24) is 9.47 Å². The first-order valence-electron chi connectivity index (χ1n) is 7.46. The Bertz CT molecular complexity index is 779. The number of hydrogen-bond donors (Lipinski definition) is 0. The summed E-state index contributed by atoms with van der Waals surface area (Å²) >= 11 is 0.633. The second-order valence-corrected chi connectivity index (χ2v) is 6.82. The van der Waals surface area contributed by atoms with E-state index >= 15 is 0 Å². The van der Waals surface area contributed by atoms with Crippen LogP contribution in [0, 0.1) is 12.7 Å². The quantitative estimate of drug-likeness (QED) is 0.333. The molecule has 2 rings (SSSR count). The normalized spacial score (nSPS) is 12.6. The van der Waals surface area contributed by atoms with Crippen LogP contribution >= 0.6 is 11.8 Å². The number of aryl methyl sites for hydroxylation is 2. The summed E-state index contributed by atoms with van der Waals surface area (Å²) in [6.07, 6.45) is -2.45. The second kappa shape index (κ2) is 7.51. The van der Waals surface area contributed by atoms with E-state index < -0.39 is 17.7 Å². The fourth-order valence-electron chi connectivity index (χ4n) is 2.24. The average Bonchev–Trinajstić information content (AvgIpc) is 2.90. The summed E-state index contributed by atoms with van der Waals surface area (Å²) in [5.41, 5.74) is 1.24. The van der Waals surface area contributed by atoms with Crippen LogP contribution in [0.4, 0.5) is 23.2 Å². The molecule has 0 saturated heterocycles. The number of alkyl halides is 3. The number of thioether (sulfide) groups is 1. The van der Waals surface area contributed by atoms with Gasteiger partial charge in [-0.15, -0.1) is 11.8 Å². The summed E-state index contributed by atoms with van der Waals surface area (Å²) < 4.78 is 53.5. The van der Waals surface area contributed by atoms with Crippen molar-refractivity contribution in [2.45, 2.75) is 18.0 Å². The van der Waals surface area contributed by atoms with E-state index in [-0.39, 0.29) is 5.69 Å². The van der Waals surface area contributed by atoms with E-state index in [1.165, 1.54) is 12.1 Å². The molecule has 2 aromatic rings. The van der Waals surface area contributed by atoms with E-state index in [1.807, 2.05) is 29.9 Å². The molecule has 0 amide bonds. The monoisotopic (exact) mass is 373 g/mol. The number of aromatic nitrogens is 1. The Morgan fingerprint density at radius 3 is 2.48 bits per heavy atom. The Hall–Kier alpha value is -1.96. The molecule has 1 aromatic carbocycles. The molecular formula is C17H19F4N3S. The van der Waals surface area contributed by atoms with E-state index in [1.54, 1.807) is 25.9 Å². The van der Waals surface area contributed by atoms with Gasteiger partial charge >= 0.3 is 6.18 Å². The van der Waals surface area contributed by atoms with Crippen LogP contribution in [0.2, 0.25) is 0 Å². The number of rotatable bonds is 4. The first kappa shape index (κ1) is 19.4. The molecule has 0 aliphatic rings. The third-order valence-corrected chi connectivity index (χ3v) is 4.68.